The summed E-state index contributed by atoms with van der Waals surface area (Å²) in [6.45, 7) is 1.93. The standard InChI is InChI=1S/C17H18ClN3O4/c1-10-5-15(20-25-10)19-16(22)8-21(2)17(23)12-6-11-7-13(18)3-4-14(11)24-9-12/h3-5,7,12H,6,8-9H2,1-2H3,(H,19,20,22). The molecule has 0 saturated carbocycles. The molecule has 0 aliphatic carbocycles. The normalized spacial score (nSPS) is 15.9. The summed E-state index contributed by atoms with van der Waals surface area (Å²) in [6.07, 6.45) is 0.531. The number of hydrogen-bond acceptors (Lipinski definition) is 5. The van der Waals surface area contributed by atoms with Crippen molar-refractivity contribution < 1.29 is 18.8 Å². The quantitative estimate of drug-likeness (QED) is 0.900. The topological polar surface area (TPSA) is 84.7 Å². The molecule has 0 bridgehead atoms. The molecule has 2 aromatic rings. The van der Waals surface area contributed by atoms with Crippen LogP contribution in [0.4, 0.5) is 5.82 Å². The zero-order valence-electron chi connectivity index (χ0n) is 13.9. The largest absolute Gasteiger partial charge is 0.492 e. The fourth-order valence-corrected chi connectivity index (χ4v) is 2.93. The van der Waals surface area contributed by atoms with Crippen molar-refractivity contribution in [2.45, 2.75) is 13.3 Å². The van der Waals surface area contributed by atoms with Gasteiger partial charge in [-0.1, -0.05) is 16.8 Å². The number of ether oxygens (including phenoxy) is 1. The van der Waals surface area contributed by atoms with Gasteiger partial charge in [0.2, 0.25) is 11.8 Å². The van der Waals surface area contributed by atoms with Gasteiger partial charge in [-0.05, 0) is 37.1 Å². The van der Waals surface area contributed by atoms with Crippen molar-refractivity contribution in [3.05, 3.63) is 40.6 Å². The average molecular weight is 364 g/mol. The molecule has 0 spiro atoms. The minimum Gasteiger partial charge on any atom is -0.492 e. The first kappa shape index (κ1) is 17.3. The number of fused-ring (bicyclic) bond motifs is 1. The maximum Gasteiger partial charge on any atom is 0.245 e. The van der Waals surface area contributed by atoms with Gasteiger partial charge in [-0.25, -0.2) is 0 Å². The van der Waals surface area contributed by atoms with Crippen molar-refractivity contribution in [1.29, 1.82) is 0 Å². The summed E-state index contributed by atoms with van der Waals surface area (Å²) in [6, 6.07) is 6.96. The van der Waals surface area contributed by atoms with Gasteiger partial charge in [0.1, 0.15) is 18.1 Å². The van der Waals surface area contributed by atoms with Gasteiger partial charge in [0.15, 0.2) is 5.82 Å². The molecule has 1 aliphatic rings. The Labute approximate surface area is 149 Å². The Morgan fingerprint density at radius 1 is 1.40 bits per heavy atom. The third-order valence-electron chi connectivity index (χ3n) is 3.93. The summed E-state index contributed by atoms with van der Waals surface area (Å²) < 4.78 is 10.5. The Morgan fingerprint density at radius 2 is 2.20 bits per heavy atom. The van der Waals surface area contributed by atoms with Gasteiger partial charge < -0.3 is 19.5 Å². The molecule has 7 nitrogen and oxygen atoms in total. The molecule has 0 radical (unpaired) electrons. The zero-order valence-corrected chi connectivity index (χ0v) is 14.7. The lowest BCUT2D eigenvalue weighted by Gasteiger charge is -2.28. The molecule has 2 amide bonds. The molecular weight excluding hydrogens is 346 g/mol. The summed E-state index contributed by atoms with van der Waals surface area (Å²) in [7, 11) is 1.59. The highest BCUT2D eigenvalue weighted by Gasteiger charge is 2.29. The molecule has 1 aromatic heterocycles. The number of hydrogen-bond donors (Lipinski definition) is 1. The number of halogens is 1. The number of aryl methyl sites for hydroxylation is 1. The molecular formula is C17H18ClN3O4. The first-order valence-corrected chi connectivity index (χ1v) is 8.19. The van der Waals surface area contributed by atoms with Crippen LogP contribution in [0, 0.1) is 12.8 Å². The van der Waals surface area contributed by atoms with Crippen LogP contribution in [0.25, 0.3) is 0 Å². The number of aromatic nitrogens is 1. The number of rotatable bonds is 4. The lowest BCUT2D eigenvalue weighted by atomic mass is 9.95. The number of carbonyl (C=O) groups excluding carboxylic acids is 2. The molecule has 3 rings (SSSR count). The van der Waals surface area contributed by atoms with E-state index in [2.05, 4.69) is 10.5 Å². The van der Waals surface area contributed by atoms with Gasteiger partial charge in [0.25, 0.3) is 0 Å². The molecule has 132 valence electrons. The maximum absolute atomic E-state index is 12.6. The van der Waals surface area contributed by atoms with E-state index in [-0.39, 0.29) is 30.9 Å². The second-order valence-electron chi connectivity index (χ2n) is 6.03. The van der Waals surface area contributed by atoms with Gasteiger partial charge in [-0.15, -0.1) is 0 Å². The van der Waals surface area contributed by atoms with Crippen LogP contribution >= 0.6 is 11.6 Å². The number of nitrogens with one attached hydrogen (secondary N) is 1. The van der Waals surface area contributed by atoms with Crippen LogP contribution in [0.3, 0.4) is 0 Å². The second-order valence-corrected chi connectivity index (χ2v) is 6.47. The Kier molecular flexibility index (Phi) is 4.94. The van der Waals surface area contributed by atoms with E-state index in [4.69, 9.17) is 20.9 Å². The third-order valence-corrected chi connectivity index (χ3v) is 4.17. The number of amides is 2. The van der Waals surface area contributed by atoms with E-state index < -0.39 is 0 Å². The Hall–Kier alpha value is -2.54. The third kappa shape index (κ3) is 4.11. The van der Waals surface area contributed by atoms with Crippen LogP contribution in [0.5, 0.6) is 5.75 Å². The fourth-order valence-electron chi connectivity index (χ4n) is 2.73. The van der Waals surface area contributed by atoms with E-state index in [1.807, 2.05) is 0 Å². The summed E-state index contributed by atoms with van der Waals surface area (Å²) >= 11 is 6.00. The first-order valence-electron chi connectivity index (χ1n) is 7.82. The SMILES string of the molecule is Cc1cc(NC(=O)CN(C)C(=O)C2COc3ccc(Cl)cc3C2)no1. The van der Waals surface area contributed by atoms with Gasteiger partial charge in [0, 0.05) is 18.1 Å². The molecule has 0 fully saturated rings. The van der Waals surface area contributed by atoms with Gasteiger partial charge in [-0.2, -0.15) is 0 Å². The van der Waals surface area contributed by atoms with Crippen molar-refractivity contribution in [1.82, 2.24) is 10.1 Å². The van der Waals surface area contributed by atoms with Crippen LogP contribution in [-0.4, -0.2) is 42.1 Å². The smallest absolute Gasteiger partial charge is 0.245 e. The molecule has 8 heteroatoms. The van der Waals surface area contributed by atoms with E-state index in [0.29, 0.717) is 23.0 Å². The number of carbonyl (C=O) groups is 2. The highest BCUT2D eigenvalue weighted by Crippen LogP contribution is 2.30. The Balaban J connectivity index is 1.58. The number of anilines is 1. The Bertz CT molecular complexity index is 805. The summed E-state index contributed by atoms with van der Waals surface area (Å²) in [5, 5.41) is 6.88. The summed E-state index contributed by atoms with van der Waals surface area (Å²) in [5.41, 5.74) is 0.896. The average Bonchev–Trinajstić information content (AvgIpc) is 2.98. The Morgan fingerprint density at radius 3 is 2.92 bits per heavy atom. The molecule has 0 saturated heterocycles. The van der Waals surface area contributed by atoms with Crippen molar-refractivity contribution in [2.75, 3.05) is 25.5 Å². The van der Waals surface area contributed by atoms with Gasteiger partial charge in [0.05, 0.1) is 12.5 Å². The lowest BCUT2D eigenvalue weighted by molar-refractivity contribution is -0.138. The van der Waals surface area contributed by atoms with E-state index in [9.17, 15) is 9.59 Å². The van der Waals surface area contributed by atoms with Crippen LogP contribution in [0.2, 0.25) is 5.02 Å². The highest BCUT2D eigenvalue weighted by atomic mass is 35.5. The van der Waals surface area contributed by atoms with Crippen LogP contribution < -0.4 is 10.1 Å². The van der Waals surface area contributed by atoms with E-state index >= 15 is 0 Å². The van der Waals surface area contributed by atoms with Crippen LogP contribution in [-0.2, 0) is 16.0 Å². The van der Waals surface area contributed by atoms with E-state index in [0.717, 1.165) is 11.3 Å². The van der Waals surface area contributed by atoms with E-state index in [1.165, 1.54) is 4.90 Å². The number of nitrogens with zero attached hydrogens (tertiary/aromatic N) is 2. The van der Waals surface area contributed by atoms with Gasteiger partial charge >= 0.3 is 0 Å². The first-order chi connectivity index (χ1) is 11.9. The molecule has 1 aromatic carbocycles. The van der Waals surface area contributed by atoms with Crippen molar-refractivity contribution >= 4 is 29.2 Å². The van der Waals surface area contributed by atoms with Crippen molar-refractivity contribution in [2.24, 2.45) is 5.92 Å². The maximum atomic E-state index is 12.6. The highest BCUT2D eigenvalue weighted by molar-refractivity contribution is 6.30. The monoisotopic (exact) mass is 363 g/mol. The zero-order chi connectivity index (χ0) is 18.0. The van der Waals surface area contributed by atoms with Gasteiger partial charge in [-0.3, -0.25) is 9.59 Å². The summed E-state index contributed by atoms with van der Waals surface area (Å²) in [4.78, 5) is 26.0. The predicted octanol–water partition coefficient (Wildman–Crippen LogP) is 2.28. The second kappa shape index (κ2) is 7.14. The van der Waals surface area contributed by atoms with Crippen molar-refractivity contribution in [3.8, 4) is 5.75 Å². The fraction of sp³-hybridized carbons (Fsp3) is 0.353. The lowest BCUT2D eigenvalue weighted by Crippen LogP contribution is -2.42. The summed E-state index contributed by atoms with van der Waals surface area (Å²) in [5.74, 6) is 0.819. The molecule has 1 unspecified atom stereocenters. The minimum absolute atomic E-state index is 0.0797. The molecule has 1 aliphatic heterocycles. The van der Waals surface area contributed by atoms with Crippen molar-refractivity contribution in [3.63, 3.8) is 0 Å². The molecule has 25 heavy (non-hydrogen) atoms. The molecule has 1 atom stereocenters. The predicted molar refractivity (Wildman–Crippen MR) is 91.6 cm³/mol. The number of likely N-dealkylation sites (N-methyl/N-ethyl adjacent to an activating group) is 1. The van der Waals surface area contributed by atoms with Crippen LogP contribution in [0.15, 0.2) is 28.8 Å². The molecule has 2 heterocycles. The van der Waals surface area contributed by atoms with E-state index in [1.54, 1.807) is 38.2 Å². The van der Waals surface area contributed by atoms with Crippen LogP contribution in [0.1, 0.15) is 11.3 Å². The minimum atomic E-state index is -0.349. The molecule has 1 N–H and O–H groups in total. The number of benzene rings is 1.